The summed E-state index contributed by atoms with van der Waals surface area (Å²) in [6, 6.07) is -0.0256. The fraction of sp³-hybridized carbons (Fsp3) is 0.263. The van der Waals surface area contributed by atoms with Crippen LogP contribution < -0.4 is 10.6 Å². The maximum absolute atomic E-state index is 13.6. The molecule has 172 valence electrons. The second kappa shape index (κ2) is 8.71. The van der Waals surface area contributed by atoms with Crippen LogP contribution in [0.3, 0.4) is 0 Å². The lowest BCUT2D eigenvalue weighted by Crippen LogP contribution is -2.22. The zero-order valence-electron chi connectivity index (χ0n) is 17.5. The molecule has 4 rings (SSSR count). The molecular formula is C19H17F3N8O2S. The molecule has 0 saturated heterocycles. The van der Waals surface area contributed by atoms with Crippen molar-refractivity contribution in [3.63, 3.8) is 0 Å². The Hall–Kier alpha value is -3.65. The Morgan fingerprint density at radius 1 is 1.18 bits per heavy atom. The number of aromatic nitrogens is 6. The fourth-order valence-corrected chi connectivity index (χ4v) is 3.91. The minimum absolute atomic E-state index is 0.171. The molecule has 0 aromatic carbocycles. The van der Waals surface area contributed by atoms with Gasteiger partial charge in [0.2, 0.25) is 0 Å². The van der Waals surface area contributed by atoms with Crippen LogP contribution in [-0.4, -0.2) is 43.1 Å². The maximum atomic E-state index is 13.6. The summed E-state index contributed by atoms with van der Waals surface area (Å²) in [6.07, 6.45) is -0.175. The molecule has 0 unspecified atom stereocenters. The Labute approximate surface area is 188 Å². The van der Waals surface area contributed by atoms with E-state index in [4.69, 9.17) is 4.74 Å². The number of aryl methyl sites for hydroxylation is 1. The van der Waals surface area contributed by atoms with Gasteiger partial charge in [-0.15, -0.1) is 4.80 Å². The SMILES string of the molecule is CO[C@@H](C)c1c(NC(=O)Nc2cnc(-n3nccn3)c(C(F)(F)F)c2)cnc2sc(C)nc12. The first-order chi connectivity index (χ1) is 15.7. The summed E-state index contributed by atoms with van der Waals surface area (Å²) in [5.41, 5.74) is 0.237. The summed E-state index contributed by atoms with van der Waals surface area (Å²) < 4.78 is 46.1. The van der Waals surface area contributed by atoms with Crippen molar-refractivity contribution in [3.8, 4) is 5.82 Å². The third kappa shape index (κ3) is 4.61. The summed E-state index contributed by atoms with van der Waals surface area (Å²) >= 11 is 1.40. The zero-order chi connectivity index (χ0) is 23.8. The van der Waals surface area contributed by atoms with Crippen molar-refractivity contribution in [3.05, 3.63) is 47.0 Å². The third-order valence-corrected chi connectivity index (χ3v) is 5.50. The quantitative estimate of drug-likeness (QED) is 0.438. The van der Waals surface area contributed by atoms with Crippen molar-refractivity contribution in [2.75, 3.05) is 17.7 Å². The van der Waals surface area contributed by atoms with E-state index in [0.29, 0.717) is 21.6 Å². The first kappa shape index (κ1) is 22.5. The third-order valence-electron chi connectivity index (χ3n) is 4.62. The first-order valence-corrected chi connectivity index (χ1v) is 10.3. The fourth-order valence-electron chi connectivity index (χ4n) is 3.13. The van der Waals surface area contributed by atoms with Crippen molar-refractivity contribution >= 4 is 39.1 Å². The molecule has 2 amide bonds. The molecule has 0 bridgehead atoms. The van der Waals surface area contributed by atoms with Crippen molar-refractivity contribution in [2.45, 2.75) is 26.1 Å². The number of urea groups is 1. The number of thiazole rings is 1. The summed E-state index contributed by atoms with van der Waals surface area (Å²) in [4.78, 5) is 26.6. The van der Waals surface area contributed by atoms with Gasteiger partial charge in [-0.2, -0.15) is 23.4 Å². The van der Waals surface area contributed by atoms with Gasteiger partial charge in [0, 0.05) is 12.7 Å². The van der Waals surface area contributed by atoms with Crippen molar-refractivity contribution in [2.24, 2.45) is 0 Å². The van der Waals surface area contributed by atoms with Gasteiger partial charge in [-0.05, 0) is 19.9 Å². The monoisotopic (exact) mass is 478 g/mol. The van der Waals surface area contributed by atoms with Gasteiger partial charge in [0.25, 0.3) is 0 Å². The van der Waals surface area contributed by atoms with Crippen LogP contribution in [0.4, 0.5) is 29.3 Å². The molecule has 14 heteroatoms. The molecule has 1 atom stereocenters. The van der Waals surface area contributed by atoms with Gasteiger partial charge < -0.3 is 15.4 Å². The number of rotatable bonds is 5. The van der Waals surface area contributed by atoms with Crippen molar-refractivity contribution in [1.82, 2.24) is 29.9 Å². The van der Waals surface area contributed by atoms with E-state index in [2.05, 4.69) is 35.8 Å². The van der Waals surface area contributed by atoms with E-state index >= 15 is 0 Å². The molecule has 0 radical (unpaired) electrons. The maximum Gasteiger partial charge on any atom is 0.420 e. The Morgan fingerprint density at radius 2 is 1.91 bits per heavy atom. The van der Waals surface area contributed by atoms with Crippen LogP contribution in [0.2, 0.25) is 0 Å². The predicted molar refractivity (Wildman–Crippen MR) is 114 cm³/mol. The predicted octanol–water partition coefficient (Wildman–Crippen LogP) is 4.35. The van der Waals surface area contributed by atoms with Gasteiger partial charge in [-0.3, -0.25) is 0 Å². The highest BCUT2D eigenvalue weighted by Gasteiger charge is 2.36. The second-order valence-corrected chi connectivity index (χ2v) is 8.02. The lowest BCUT2D eigenvalue weighted by molar-refractivity contribution is -0.137. The van der Waals surface area contributed by atoms with Crippen LogP contribution in [0.5, 0.6) is 0 Å². The van der Waals surface area contributed by atoms with E-state index < -0.39 is 29.7 Å². The van der Waals surface area contributed by atoms with Crippen LogP contribution in [0, 0.1) is 6.92 Å². The van der Waals surface area contributed by atoms with E-state index in [1.807, 2.05) is 6.92 Å². The van der Waals surface area contributed by atoms with E-state index in [1.54, 1.807) is 6.92 Å². The zero-order valence-corrected chi connectivity index (χ0v) is 18.3. The van der Waals surface area contributed by atoms with Gasteiger partial charge in [-0.25, -0.2) is 19.7 Å². The molecule has 4 heterocycles. The Morgan fingerprint density at radius 3 is 2.58 bits per heavy atom. The number of hydrogen-bond donors (Lipinski definition) is 2. The molecule has 4 aromatic rings. The van der Waals surface area contributed by atoms with Crippen LogP contribution in [-0.2, 0) is 10.9 Å². The van der Waals surface area contributed by atoms with E-state index in [-0.39, 0.29) is 5.69 Å². The lowest BCUT2D eigenvalue weighted by atomic mass is 10.1. The largest absolute Gasteiger partial charge is 0.420 e. The number of carbonyl (C=O) groups excluding carboxylic acids is 1. The van der Waals surface area contributed by atoms with Crippen molar-refractivity contribution in [1.29, 1.82) is 0 Å². The summed E-state index contributed by atoms with van der Waals surface area (Å²) in [5, 5.41) is 13.1. The molecule has 0 fully saturated rings. The number of pyridine rings is 2. The van der Waals surface area contributed by atoms with Gasteiger partial charge in [0.05, 0.1) is 47.3 Å². The number of anilines is 2. The molecule has 2 N–H and O–H groups in total. The van der Waals surface area contributed by atoms with Gasteiger partial charge >= 0.3 is 12.2 Å². The number of nitrogens with zero attached hydrogens (tertiary/aromatic N) is 6. The molecule has 33 heavy (non-hydrogen) atoms. The van der Waals surface area contributed by atoms with Crippen LogP contribution in [0.15, 0.2) is 30.9 Å². The van der Waals surface area contributed by atoms with Gasteiger partial charge in [0.1, 0.15) is 15.9 Å². The normalized spacial score (nSPS) is 12.7. The summed E-state index contributed by atoms with van der Waals surface area (Å²) in [6.45, 7) is 3.62. The number of hydrogen-bond acceptors (Lipinski definition) is 8. The standard InChI is InChI=1S/C19H17F3N8O2S/c1-9(32-3)14-13(8-24-17-15(14)27-10(2)33-17)29-18(31)28-11-6-12(19(20,21)22)16(23-7-11)30-25-4-5-26-30/h4-9H,1-3H3,(H2,28,29,31)/t9-/m0/s1. The lowest BCUT2D eigenvalue weighted by Gasteiger charge is -2.17. The first-order valence-electron chi connectivity index (χ1n) is 9.48. The molecule has 0 aliphatic rings. The molecule has 0 aliphatic carbocycles. The number of fused-ring (bicyclic) bond motifs is 1. The number of nitrogens with one attached hydrogen (secondary N) is 2. The van der Waals surface area contributed by atoms with Crippen LogP contribution >= 0.6 is 11.3 Å². The summed E-state index contributed by atoms with van der Waals surface area (Å²) in [5.74, 6) is -0.511. The number of alkyl halides is 3. The van der Waals surface area contributed by atoms with Crippen LogP contribution in [0.25, 0.3) is 16.2 Å². The Kier molecular flexibility index (Phi) is 5.95. The van der Waals surface area contributed by atoms with E-state index in [9.17, 15) is 18.0 Å². The van der Waals surface area contributed by atoms with Gasteiger partial charge in [-0.1, -0.05) is 11.3 Å². The molecule has 0 spiro atoms. The number of methoxy groups -OCH3 is 1. The smallest absolute Gasteiger partial charge is 0.377 e. The van der Waals surface area contributed by atoms with Crippen molar-refractivity contribution < 1.29 is 22.7 Å². The minimum atomic E-state index is -4.75. The van der Waals surface area contributed by atoms with Crippen LogP contribution in [0.1, 0.15) is 29.2 Å². The number of halogens is 3. The molecule has 10 nitrogen and oxygen atoms in total. The molecular weight excluding hydrogens is 461 g/mol. The highest BCUT2D eigenvalue weighted by Crippen LogP contribution is 2.35. The average Bonchev–Trinajstić information content (AvgIpc) is 3.41. The number of carbonyl (C=O) groups is 1. The second-order valence-electron chi connectivity index (χ2n) is 6.84. The highest BCUT2D eigenvalue weighted by molar-refractivity contribution is 7.18. The topological polar surface area (TPSA) is 120 Å². The van der Waals surface area contributed by atoms with E-state index in [1.165, 1.54) is 37.0 Å². The van der Waals surface area contributed by atoms with E-state index in [0.717, 1.165) is 22.1 Å². The minimum Gasteiger partial charge on any atom is -0.377 e. The highest BCUT2D eigenvalue weighted by atomic mass is 32.1. The average molecular weight is 478 g/mol. The Bertz CT molecular complexity index is 1310. The number of ether oxygens (including phenoxy) is 1. The molecule has 0 saturated carbocycles. The molecule has 4 aromatic heterocycles. The number of amides is 2. The Balaban J connectivity index is 1.63. The van der Waals surface area contributed by atoms with Gasteiger partial charge in [0.15, 0.2) is 5.82 Å². The molecule has 0 aliphatic heterocycles. The summed E-state index contributed by atoms with van der Waals surface area (Å²) in [7, 11) is 1.51.